The van der Waals surface area contributed by atoms with Gasteiger partial charge in [-0.25, -0.2) is 4.57 Å². The Kier molecular flexibility index (Phi) is 56.6. The van der Waals surface area contributed by atoms with Crippen LogP contribution >= 0.6 is 7.82 Å². The van der Waals surface area contributed by atoms with Crippen molar-refractivity contribution >= 4 is 19.8 Å². The normalized spacial score (nSPS) is 13.4. The largest absolute Gasteiger partial charge is 0.472 e. The summed E-state index contributed by atoms with van der Waals surface area (Å²) in [6, 6.07) is 0. The molecular formula is C66H127NO8P+. The Bertz CT molecular complexity index is 1380. The van der Waals surface area contributed by atoms with Crippen LogP contribution in [0.25, 0.3) is 0 Å². The molecule has 76 heavy (non-hydrogen) atoms. The van der Waals surface area contributed by atoms with E-state index in [0.29, 0.717) is 23.9 Å². The monoisotopic (exact) mass is 1090 g/mol. The van der Waals surface area contributed by atoms with Gasteiger partial charge in [0.05, 0.1) is 27.7 Å². The summed E-state index contributed by atoms with van der Waals surface area (Å²) in [5, 5.41) is 0. The van der Waals surface area contributed by atoms with E-state index in [2.05, 4.69) is 50.3 Å². The zero-order valence-electron chi connectivity index (χ0n) is 51.0. The Balaban J connectivity index is 4.00. The summed E-state index contributed by atoms with van der Waals surface area (Å²) in [4.78, 5) is 35.8. The Morgan fingerprint density at radius 2 is 0.711 bits per heavy atom. The highest BCUT2D eigenvalue weighted by atomic mass is 31.2. The van der Waals surface area contributed by atoms with Crippen LogP contribution in [0.5, 0.6) is 0 Å². The first kappa shape index (κ1) is 74.2. The van der Waals surface area contributed by atoms with Crippen molar-refractivity contribution in [1.82, 2.24) is 0 Å². The standard InChI is InChI=1S/C66H126NO8P/c1-6-8-10-12-14-16-18-20-22-24-26-27-28-29-30-31-32-33-34-35-36-37-38-39-41-43-45-47-49-51-53-55-57-59-66(69)75-64(63-74-76(70,71)73-61-60-67(3,4)5)62-72-65(68)58-56-54-52-50-48-46-44-42-40-25-23-21-19-17-15-13-11-9-7-2/h18,20-21,23-24,26,64H,6-17,19,22,25,27-63H2,1-5H3/p+1/b20-18-,23-21-,26-24-. The first-order chi connectivity index (χ1) is 37.0. The van der Waals surface area contributed by atoms with Gasteiger partial charge in [0.2, 0.25) is 0 Å². The number of phosphoric acid groups is 1. The van der Waals surface area contributed by atoms with Crippen LogP contribution in [-0.4, -0.2) is 74.9 Å². The quantitative estimate of drug-likeness (QED) is 0.0211. The summed E-state index contributed by atoms with van der Waals surface area (Å²) in [7, 11) is 1.49. The van der Waals surface area contributed by atoms with Crippen LogP contribution in [0.2, 0.25) is 0 Å². The maximum Gasteiger partial charge on any atom is 0.472 e. The summed E-state index contributed by atoms with van der Waals surface area (Å²) < 4.78 is 34.7. The van der Waals surface area contributed by atoms with Gasteiger partial charge in [-0.05, 0) is 70.6 Å². The minimum Gasteiger partial charge on any atom is -0.462 e. The van der Waals surface area contributed by atoms with Gasteiger partial charge in [-0.2, -0.15) is 0 Å². The van der Waals surface area contributed by atoms with Gasteiger partial charge >= 0.3 is 19.8 Å². The summed E-state index contributed by atoms with van der Waals surface area (Å²) in [6.45, 7) is 4.47. The lowest BCUT2D eigenvalue weighted by Crippen LogP contribution is -2.37. The lowest BCUT2D eigenvalue weighted by molar-refractivity contribution is -0.870. The van der Waals surface area contributed by atoms with E-state index in [1.54, 1.807) is 0 Å². The molecule has 0 saturated heterocycles. The zero-order valence-corrected chi connectivity index (χ0v) is 51.9. The number of ether oxygens (including phenoxy) is 2. The molecular weight excluding hydrogens is 966 g/mol. The van der Waals surface area contributed by atoms with Crippen molar-refractivity contribution in [3.63, 3.8) is 0 Å². The van der Waals surface area contributed by atoms with Crippen LogP contribution in [0.15, 0.2) is 36.5 Å². The van der Waals surface area contributed by atoms with Crippen LogP contribution in [0.1, 0.15) is 322 Å². The topological polar surface area (TPSA) is 108 Å². The molecule has 0 radical (unpaired) electrons. The molecule has 0 aliphatic rings. The lowest BCUT2D eigenvalue weighted by atomic mass is 10.0. The lowest BCUT2D eigenvalue weighted by Gasteiger charge is -2.24. The number of unbranched alkanes of at least 4 members (excludes halogenated alkanes) is 41. The highest BCUT2D eigenvalue weighted by Gasteiger charge is 2.27. The van der Waals surface area contributed by atoms with Crippen molar-refractivity contribution in [3.05, 3.63) is 36.5 Å². The SMILES string of the molecule is CCCCCCC/C=C\C/C=C\CCCCCCCCCCCCCCCCCCCCCCCC(=O)OC(COC(=O)CCCCCCCCCCC/C=C\CCCCCCCC)COP(=O)(O)OCC[N+](C)(C)C. The van der Waals surface area contributed by atoms with Crippen LogP contribution in [0.3, 0.4) is 0 Å². The third-order valence-corrected chi connectivity index (χ3v) is 15.6. The molecule has 0 aromatic carbocycles. The number of allylic oxidation sites excluding steroid dienone is 6. The highest BCUT2D eigenvalue weighted by molar-refractivity contribution is 7.47. The van der Waals surface area contributed by atoms with Gasteiger partial charge in [-0.1, -0.05) is 275 Å². The van der Waals surface area contributed by atoms with Crippen molar-refractivity contribution in [2.45, 2.75) is 328 Å². The Morgan fingerprint density at radius 1 is 0.408 bits per heavy atom. The molecule has 2 unspecified atom stereocenters. The van der Waals surface area contributed by atoms with Crippen LogP contribution < -0.4 is 0 Å². The molecule has 0 spiro atoms. The molecule has 0 heterocycles. The van der Waals surface area contributed by atoms with Gasteiger partial charge in [-0.15, -0.1) is 0 Å². The Hall–Kier alpha value is -1.77. The molecule has 10 heteroatoms. The molecule has 0 rings (SSSR count). The van der Waals surface area contributed by atoms with E-state index in [4.69, 9.17) is 18.5 Å². The number of rotatable bonds is 61. The van der Waals surface area contributed by atoms with Crippen molar-refractivity contribution in [3.8, 4) is 0 Å². The third kappa shape index (κ3) is 61.4. The number of phosphoric ester groups is 1. The highest BCUT2D eigenvalue weighted by Crippen LogP contribution is 2.43. The van der Waals surface area contributed by atoms with Crippen LogP contribution in [0, 0.1) is 0 Å². The van der Waals surface area contributed by atoms with E-state index in [1.165, 1.54) is 250 Å². The molecule has 0 aliphatic heterocycles. The zero-order chi connectivity index (χ0) is 55.6. The third-order valence-electron chi connectivity index (χ3n) is 14.6. The molecule has 0 aromatic rings. The number of nitrogens with zero attached hydrogens (tertiary/aromatic N) is 1. The van der Waals surface area contributed by atoms with Gasteiger partial charge in [-0.3, -0.25) is 18.6 Å². The van der Waals surface area contributed by atoms with Crippen molar-refractivity contribution in [2.75, 3.05) is 47.5 Å². The van der Waals surface area contributed by atoms with Gasteiger partial charge in [0.1, 0.15) is 19.8 Å². The summed E-state index contributed by atoms with van der Waals surface area (Å²) in [6.07, 6.45) is 72.4. The Labute approximate surface area is 471 Å². The van der Waals surface area contributed by atoms with Crippen molar-refractivity contribution < 1.29 is 42.1 Å². The fraction of sp³-hybridized carbons (Fsp3) is 0.879. The molecule has 9 nitrogen and oxygen atoms in total. The minimum atomic E-state index is -4.39. The fourth-order valence-corrected chi connectivity index (χ4v) is 10.3. The van der Waals surface area contributed by atoms with E-state index < -0.39 is 26.5 Å². The molecule has 448 valence electrons. The summed E-state index contributed by atoms with van der Waals surface area (Å²) in [5.41, 5.74) is 0. The molecule has 1 N–H and O–H groups in total. The van der Waals surface area contributed by atoms with Crippen LogP contribution in [0.4, 0.5) is 0 Å². The van der Waals surface area contributed by atoms with Crippen molar-refractivity contribution in [1.29, 1.82) is 0 Å². The molecule has 0 fully saturated rings. The molecule has 0 saturated carbocycles. The first-order valence-electron chi connectivity index (χ1n) is 32.7. The van der Waals surface area contributed by atoms with E-state index in [1.807, 2.05) is 21.1 Å². The number of quaternary nitrogens is 1. The van der Waals surface area contributed by atoms with Gasteiger partial charge in [0.15, 0.2) is 6.10 Å². The molecule has 0 amide bonds. The van der Waals surface area contributed by atoms with E-state index in [9.17, 15) is 19.0 Å². The van der Waals surface area contributed by atoms with Crippen LogP contribution in [-0.2, 0) is 32.7 Å². The second kappa shape index (κ2) is 57.9. The number of likely N-dealkylation sites (N-methyl/N-ethyl adjacent to an activating group) is 1. The smallest absolute Gasteiger partial charge is 0.462 e. The number of carbonyl (C=O) groups is 2. The van der Waals surface area contributed by atoms with E-state index in [-0.39, 0.29) is 25.6 Å². The molecule has 0 bridgehead atoms. The van der Waals surface area contributed by atoms with Gasteiger partial charge < -0.3 is 18.9 Å². The first-order valence-corrected chi connectivity index (χ1v) is 34.2. The maximum atomic E-state index is 12.8. The predicted molar refractivity (Wildman–Crippen MR) is 326 cm³/mol. The molecule has 0 aromatic heterocycles. The second-order valence-corrected chi connectivity index (χ2v) is 25.0. The van der Waals surface area contributed by atoms with Crippen molar-refractivity contribution in [2.24, 2.45) is 0 Å². The number of hydrogen-bond acceptors (Lipinski definition) is 7. The average Bonchev–Trinajstić information content (AvgIpc) is 3.38. The van der Waals surface area contributed by atoms with Gasteiger partial charge in [0, 0.05) is 12.8 Å². The molecule has 0 aliphatic carbocycles. The minimum absolute atomic E-state index is 0.0337. The van der Waals surface area contributed by atoms with Gasteiger partial charge in [0.25, 0.3) is 0 Å². The number of carbonyl (C=O) groups excluding carboxylic acids is 2. The second-order valence-electron chi connectivity index (χ2n) is 23.5. The Morgan fingerprint density at radius 3 is 1.05 bits per heavy atom. The van der Waals surface area contributed by atoms with E-state index >= 15 is 0 Å². The van der Waals surface area contributed by atoms with E-state index in [0.717, 1.165) is 38.5 Å². The fourth-order valence-electron chi connectivity index (χ4n) is 9.57. The number of esters is 2. The summed E-state index contributed by atoms with van der Waals surface area (Å²) >= 11 is 0. The maximum absolute atomic E-state index is 12.8. The predicted octanol–water partition coefficient (Wildman–Crippen LogP) is 20.7. The number of hydrogen-bond donors (Lipinski definition) is 1. The average molecular weight is 1090 g/mol. The molecule has 2 atom stereocenters. The summed E-state index contributed by atoms with van der Waals surface area (Å²) in [5.74, 6) is -0.783.